The minimum absolute atomic E-state index is 0.312. The van der Waals surface area contributed by atoms with Crippen molar-refractivity contribution in [2.45, 2.75) is 25.8 Å². The fourth-order valence-corrected chi connectivity index (χ4v) is 3.52. The maximum absolute atomic E-state index is 13.9. The Kier molecular flexibility index (Phi) is 3.78. The fraction of sp³-hybridized carbons (Fsp3) is 0.200. The monoisotopic (exact) mass is 360 g/mol. The summed E-state index contributed by atoms with van der Waals surface area (Å²) in [5.74, 6) is 2.34. The van der Waals surface area contributed by atoms with Crippen LogP contribution >= 0.6 is 0 Å². The van der Waals surface area contributed by atoms with Gasteiger partial charge in [-0.1, -0.05) is 18.2 Å². The van der Waals surface area contributed by atoms with Crippen molar-refractivity contribution in [3.8, 4) is 0 Å². The highest BCUT2D eigenvalue weighted by atomic mass is 19.1. The van der Waals surface area contributed by atoms with Crippen molar-refractivity contribution in [2.75, 3.05) is 5.32 Å². The molecule has 0 amide bonds. The Bertz CT molecular complexity index is 1120. The van der Waals surface area contributed by atoms with Gasteiger partial charge in [-0.15, -0.1) is 10.2 Å². The van der Waals surface area contributed by atoms with Crippen LogP contribution in [0.15, 0.2) is 48.8 Å². The highest BCUT2D eigenvalue weighted by Crippen LogP contribution is 2.25. The van der Waals surface area contributed by atoms with Crippen LogP contribution < -0.4 is 5.32 Å². The number of rotatable bonds is 4. The van der Waals surface area contributed by atoms with Crippen molar-refractivity contribution in [1.29, 1.82) is 0 Å². The molecule has 0 atom stereocenters. The van der Waals surface area contributed by atoms with Gasteiger partial charge in [-0.3, -0.25) is 0 Å². The smallest absolute Gasteiger partial charge is 0.149 e. The highest BCUT2D eigenvalue weighted by Gasteiger charge is 2.17. The third kappa shape index (κ3) is 2.91. The molecule has 0 unspecified atom stereocenters. The van der Waals surface area contributed by atoms with Gasteiger partial charge in [-0.2, -0.15) is 0 Å². The molecule has 4 aromatic rings. The standard InChI is InChI=1S/C20H17FN6/c21-16-4-1-3-15-19(16)22-12-23-20(15)24-14-8-6-13(7-9-14)11-18-26-25-17-5-2-10-27(17)18/h1,3-4,6-9,12H,2,5,10-11H2,(H,22,23,24). The van der Waals surface area contributed by atoms with Crippen LogP contribution in [0.2, 0.25) is 0 Å². The quantitative estimate of drug-likeness (QED) is 0.602. The van der Waals surface area contributed by atoms with Crippen LogP contribution in [0.3, 0.4) is 0 Å². The van der Waals surface area contributed by atoms with Crippen LogP contribution in [0.4, 0.5) is 15.9 Å². The number of aromatic nitrogens is 5. The summed E-state index contributed by atoms with van der Waals surface area (Å²) in [6, 6.07) is 13.0. The lowest BCUT2D eigenvalue weighted by atomic mass is 10.1. The predicted octanol–water partition coefficient (Wildman–Crippen LogP) is 3.64. The Morgan fingerprint density at radius 1 is 1.04 bits per heavy atom. The molecule has 0 fully saturated rings. The zero-order valence-corrected chi connectivity index (χ0v) is 14.6. The molecule has 0 saturated heterocycles. The van der Waals surface area contributed by atoms with Gasteiger partial charge in [0, 0.05) is 30.5 Å². The molecule has 27 heavy (non-hydrogen) atoms. The molecule has 1 N–H and O–H groups in total. The van der Waals surface area contributed by atoms with Crippen molar-refractivity contribution in [2.24, 2.45) is 0 Å². The molecule has 2 aromatic carbocycles. The van der Waals surface area contributed by atoms with Crippen LogP contribution in [-0.4, -0.2) is 24.7 Å². The minimum atomic E-state index is -0.353. The summed E-state index contributed by atoms with van der Waals surface area (Å²) in [4.78, 5) is 8.28. The normalized spacial score (nSPS) is 13.1. The molecule has 1 aliphatic rings. The fourth-order valence-electron chi connectivity index (χ4n) is 3.52. The summed E-state index contributed by atoms with van der Waals surface area (Å²) in [6.45, 7) is 1.01. The first-order chi connectivity index (χ1) is 13.3. The molecule has 134 valence electrons. The van der Waals surface area contributed by atoms with E-state index in [0.717, 1.165) is 43.1 Å². The summed E-state index contributed by atoms with van der Waals surface area (Å²) in [5, 5.41) is 12.5. The number of fused-ring (bicyclic) bond motifs is 2. The van der Waals surface area contributed by atoms with Crippen LogP contribution in [-0.2, 0) is 19.4 Å². The number of nitrogens with one attached hydrogen (secondary N) is 1. The van der Waals surface area contributed by atoms with Gasteiger partial charge in [0.2, 0.25) is 0 Å². The largest absolute Gasteiger partial charge is 0.340 e. The van der Waals surface area contributed by atoms with E-state index in [2.05, 4.69) is 42.2 Å². The van der Waals surface area contributed by atoms with Gasteiger partial charge in [-0.05, 0) is 36.2 Å². The van der Waals surface area contributed by atoms with E-state index in [4.69, 9.17) is 0 Å². The second kappa shape index (κ2) is 6.42. The van der Waals surface area contributed by atoms with Gasteiger partial charge in [0.25, 0.3) is 0 Å². The first-order valence-corrected chi connectivity index (χ1v) is 8.94. The van der Waals surface area contributed by atoms with E-state index in [-0.39, 0.29) is 5.82 Å². The highest BCUT2D eigenvalue weighted by molar-refractivity contribution is 5.90. The molecule has 0 bridgehead atoms. The number of benzene rings is 2. The van der Waals surface area contributed by atoms with E-state index in [1.165, 1.54) is 18.0 Å². The van der Waals surface area contributed by atoms with E-state index in [1.807, 2.05) is 12.1 Å². The molecule has 6 nitrogen and oxygen atoms in total. The molecule has 0 radical (unpaired) electrons. The van der Waals surface area contributed by atoms with Gasteiger partial charge < -0.3 is 9.88 Å². The Labute approximate surface area is 155 Å². The summed E-state index contributed by atoms with van der Waals surface area (Å²) >= 11 is 0. The second-order valence-corrected chi connectivity index (χ2v) is 6.64. The number of aryl methyl sites for hydroxylation is 1. The Morgan fingerprint density at radius 2 is 1.93 bits per heavy atom. The Morgan fingerprint density at radius 3 is 2.81 bits per heavy atom. The lowest BCUT2D eigenvalue weighted by Gasteiger charge is -2.09. The molecule has 0 saturated carbocycles. The third-order valence-electron chi connectivity index (χ3n) is 4.88. The summed E-state index contributed by atoms with van der Waals surface area (Å²) in [6.07, 6.45) is 4.29. The van der Waals surface area contributed by atoms with Gasteiger partial charge in [0.05, 0.1) is 0 Å². The number of nitrogens with zero attached hydrogens (tertiary/aromatic N) is 5. The van der Waals surface area contributed by atoms with Crippen molar-refractivity contribution in [3.05, 3.63) is 71.8 Å². The number of hydrogen-bond acceptors (Lipinski definition) is 5. The average molecular weight is 360 g/mol. The Balaban J connectivity index is 1.37. The number of anilines is 2. The molecule has 2 aromatic heterocycles. The summed E-state index contributed by atoms with van der Waals surface area (Å²) in [7, 11) is 0. The van der Waals surface area contributed by atoms with E-state index in [1.54, 1.807) is 12.1 Å². The first kappa shape index (κ1) is 15.9. The average Bonchev–Trinajstić information content (AvgIpc) is 3.29. The van der Waals surface area contributed by atoms with Crippen LogP contribution in [0.25, 0.3) is 10.9 Å². The van der Waals surface area contributed by atoms with Gasteiger partial charge in [-0.25, -0.2) is 14.4 Å². The summed E-state index contributed by atoms with van der Waals surface area (Å²) in [5.41, 5.74) is 2.36. The third-order valence-corrected chi connectivity index (χ3v) is 4.88. The molecular formula is C20H17FN6. The summed E-state index contributed by atoms with van der Waals surface area (Å²) < 4.78 is 16.1. The van der Waals surface area contributed by atoms with Crippen LogP contribution in [0, 0.1) is 5.82 Å². The van der Waals surface area contributed by atoms with E-state index in [0.29, 0.717) is 16.7 Å². The van der Waals surface area contributed by atoms with Crippen molar-refractivity contribution in [3.63, 3.8) is 0 Å². The number of para-hydroxylation sites is 1. The maximum Gasteiger partial charge on any atom is 0.149 e. The zero-order valence-electron chi connectivity index (χ0n) is 14.6. The lowest BCUT2D eigenvalue weighted by Crippen LogP contribution is -2.02. The molecular weight excluding hydrogens is 343 g/mol. The van der Waals surface area contributed by atoms with E-state index < -0.39 is 0 Å². The maximum atomic E-state index is 13.9. The van der Waals surface area contributed by atoms with Gasteiger partial charge in [0.15, 0.2) is 0 Å². The minimum Gasteiger partial charge on any atom is -0.340 e. The first-order valence-electron chi connectivity index (χ1n) is 8.94. The lowest BCUT2D eigenvalue weighted by molar-refractivity contribution is 0.636. The van der Waals surface area contributed by atoms with Crippen molar-refractivity contribution >= 4 is 22.4 Å². The molecule has 3 heterocycles. The van der Waals surface area contributed by atoms with Crippen LogP contribution in [0.1, 0.15) is 23.6 Å². The molecule has 1 aliphatic heterocycles. The SMILES string of the molecule is Fc1cccc2c(Nc3ccc(Cc4nnc5n4CCC5)cc3)ncnc12. The van der Waals surface area contributed by atoms with Crippen LogP contribution in [0.5, 0.6) is 0 Å². The number of halogens is 1. The topological polar surface area (TPSA) is 68.5 Å². The molecule has 0 spiro atoms. The van der Waals surface area contributed by atoms with E-state index in [9.17, 15) is 4.39 Å². The number of hydrogen-bond donors (Lipinski definition) is 1. The molecule has 7 heteroatoms. The predicted molar refractivity (Wildman–Crippen MR) is 100 cm³/mol. The molecule has 5 rings (SSSR count). The Hall–Kier alpha value is -3.35. The zero-order chi connectivity index (χ0) is 18.2. The van der Waals surface area contributed by atoms with Crippen molar-refractivity contribution in [1.82, 2.24) is 24.7 Å². The van der Waals surface area contributed by atoms with Gasteiger partial charge >= 0.3 is 0 Å². The van der Waals surface area contributed by atoms with Gasteiger partial charge in [0.1, 0.15) is 35.1 Å². The second-order valence-electron chi connectivity index (χ2n) is 6.64. The molecule has 0 aliphatic carbocycles. The van der Waals surface area contributed by atoms with E-state index >= 15 is 0 Å². The van der Waals surface area contributed by atoms with Crippen molar-refractivity contribution < 1.29 is 4.39 Å².